The summed E-state index contributed by atoms with van der Waals surface area (Å²) >= 11 is 0. The second kappa shape index (κ2) is 7.17. The average molecular weight is 221 g/mol. The van der Waals surface area contributed by atoms with Gasteiger partial charge in [-0.1, -0.05) is 30.4 Å². The Morgan fingerprint density at radius 3 is 2.81 bits per heavy atom. The van der Waals surface area contributed by atoms with Crippen LogP contribution in [0.5, 0.6) is 0 Å². The van der Waals surface area contributed by atoms with Crippen LogP contribution in [0.3, 0.4) is 0 Å². The molecule has 0 aliphatic rings. The van der Waals surface area contributed by atoms with Crippen LogP contribution >= 0.6 is 0 Å². The fourth-order valence-corrected chi connectivity index (χ4v) is 1.52. The molecule has 16 heavy (non-hydrogen) atoms. The molecular weight excluding hydrogens is 202 g/mol. The molecule has 1 atom stereocenters. The maximum Gasteiger partial charge on any atom is 0.105 e. The first kappa shape index (κ1) is 12.9. The van der Waals surface area contributed by atoms with Crippen molar-refractivity contribution in [2.45, 2.75) is 6.10 Å². The fourth-order valence-electron chi connectivity index (χ4n) is 1.52. The molecule has 88 valence electrons. The summed E-state index contributed by atoms with van der Waals surface area (Å²) in [6, 6.07) is 8.16. The van der Waals surface area contributed by atoms with E-state index in [4.69, 9.17) is 15.2 Å². The highest BCUT2D eigenvalue weighted by molar-refractivity contribution is 5.50. The van der Waals surface area contributed by atoms with Gasteiger partial charge in [0.25, 0.3) is 0 Å². The monoisotopic (exact) mass is 221 g/mol. The van der Waals surface area contributed by atoms with Crippen molar-refractivity contribution in [3.63, 3.8) is 0 Å². The molecule has 1 aromatic carbocycles. The third-order valence-corrected chi connectivity index (χ3v) is 2.33. The predicted molar refractivity (Wildman–Crippen MR) is 66.2 cm³/mol. The van der Waals surface area contributed by atoms with E-state index in [2.05, 4.69) is 6.07 Å². The van der Waals surface area contributed by atoms with Gasteiger partial charge in [0, 0.05) is 20.8 Å². The lowest BCUT2D eigenvalue weighted by atomic mass is 10.1. The van der Waals surface area contributed by atoms with Crippen molar-refractivity contribution < 1.29 is 9.47 Å². The molecule has 0 aliphatic carbocycles. The van der Waals surface area contributed by atoms with Gasteiger partial charge in [-0.25, -0.2) is 0 Å². The smallest absolute Gasteiger partial charge is 0.105 e. The van der Waals surface area contributed by atoms with E-state index in [1.165, 1.54) is 0 Å². The molecule has 3 nitrogen and oxygen atoms in total. The Labute approximate surface area is 96.9 Å². The topological polar surface area (TPSA) is 44.5 Å². The molecule has 0 radical (unpaired) electrons. The van der Waals surface area contributed by atoms with Gasteiger partial charge in [0.15, 0.2) is 0 Å². The average Bonchev–Trinajstić information content (AvgIpc) is 2.33. The summed E-state index contributed by atoms with van der Waals surface area (Å²) in [5.74, 6) is 0. The van der Waals surface area contributed by atoms with E-state index in [-0.39, 0.29) is 6.10 Å². The summed E-state index contributed by atoms with van der Waals surface area (Å²) < 4.78 is 10.5. The molecule has 0 fully saturated rings. The number of nitrogens with two attached hydrogens (primary N) is 1. The minimum atomic E-state index is -0.0174. The Morgan fingerprint density at radius 2 is 2.19 bits per heavy atom. The van der Waals surface area contributed by atoms with Crippen molar-refractivity contribution >= 4 is 6.08 Å². The highest BCUT2D eigenvalue weighted by atomic mass is 16.5. The van der Waals surface area contributed by atoms with Crippen LogP contribution in [0.4, 0.5) is 0 Å². The van der Waals surface area contributed by atoms with Crippen molar-refractivity contribution in [3.8, 4) is 0 Å². The van der Waals surface area contributed by atoms with E-state index >= 15 is 0 Å². The quantitative estimate of drug-likeness (QED) is 0.799. The Bertz CT molecular complexity index is 336. The second-order valence-electron chi connectivity index (χ2n) is 3.49. The molecule has 0 saturated heterocycles. The van der Waals surface area contributed by atoms with Crippen LogP contribution in [-0.2, 0) is 9.47 Å². The summed E-state index contributed by atoms with van der Waals surface area (Å²) in [6.45, 7) is 1.11. The van der Waals surface area contributed by atoms with E-state index in [0.717, 1.165) is 11.1 Å². The lowest BCUT2D eigenvalue weighted by molar-refractivity contribution is 0.0275. The molecule has 0 aliphatic heterocycles. The summed E-state index contributed by atoms with van der Waals surface area (Å²) in [4.78, 5) is 0. The standard InChI is InChI=1S/C13H19NO2/c1-15-10-13(16-2)12-7-3-5-11(9-12)6-4-8-14/h3-7,9,13H,8,10,14H2,1-2H3/b6-4+. The minimum absolute atomic E-state index is 0.0174. The minimum Gasteiger partial charge on any atom is -0.382 e. The normalized spacial score (nSPS) is 13.2. The van der Waals surface area contributed by atoms with Gasteiger partial charge in [-0.05, 0) is 17.2 Å². The van der Waals surface area contributed by atoms with Crippen LogP contribution in [0, 0.1) is 0 Å². The summed E-state index contributed by atoms with van der Waals surface area (Å²) in [5.41, 5.74) is 7.66. The summed E-state index contributed by atoms with van der Waals surface area (Å²) in [7, 11) is 3.36. The largest absolute Gasteiger partial charge is 0.382 e. The van der Waals surface area contributed by atoms with Crippen molar-refractivity contribution in [3.05, 3.63) is 41.5 Å². The zero-order valence-electron chi connectivity index (χ0n) is 9.85. The van der Waals surface area contributed by atoms with E-state index in [1.807, 2.05) is 30.4 Å². The van der Waals surface area contributed by atoms with E-state index < -0.39 is 0 Å². The van der Waals surface area contributed by atoms with Gasteiger partial charge in [-0.3, -0.25) is 0 Å². The zero-order valence-corrected chi connectivity index (χ0v) is 9.85. The molecule has 1 aromatic rings. The molecule has 0 spiro atoms. The van der Waals surface area contributed by atoms with Gasteiger partial charge in [-0.15, -0.1) is 0 Å². The van der Waals surface area contributed by atoms with E-state index in [1.54, 1.807) is 14.2 Å². The first-order valence-corrected chi connectivity index (χ1v) is 5.30. The van der Waals surface area contributed by atoms with Crippen LogP contribution in [0.25, 0.3) is 6.08 Å². The van der Waals surface area contributed by atoms with Gasteiger partial charge in [0.2, 0.25) is 0 Å². The lowest BCUT2D eigenvalue weighted by Gasteiger charge is -2.15. The Morgan fingerprint density at radius 1 is 1.38 bits per heavy atom. The molecular formula is C13H19NO2. The Hall–Kier alpha value is -1.16. The third-order valence-electron chi connectivity index (χ3n) is 2.33. The van der Waals surface area contributed by atoms with Gasteiger partial charge in [-0.2, -0.15) is 0 Å². The van der Waals surface area contributed by atoms with Crippen molar-refractivity contribution in [1.29, 1.82) is 0 Å². The van der Waals surface area contributed by atoms with Gasteiger partial charge in [0.05, 0.1) is 6.61 Å². The van der Waals surface area contributed by atoms with Crippen molar-refractivity contribution in [2.24, 2.45) is 5.73 Å². The number of hydrogen-bond acceptors (Lipinski definition) is 3. The maximum atomic E-state index is 5.42. The molecule has 1 rings (SSSR count). The van der Waals surface area contributed by atoms with Crippen molar-refractivity contribution in [1.82, 2.24) is 0 Å². The number of rotatable bonds is 6. The van der Waals surface area contributed by atoms with E-state index in [0.29, 0.717) is 13.2 Å². The molecule has 0 bridgehead atoms. The van der Waals surface area contributed by atoms with Crippen LogP contribution in [0.2, 0.25) is 0 Å². The highest BCUT2D eigenvalue weighted by Crippen LogP contribution is 2.18. The molecule has 0 heterocycles. The van der Waals surface area contributed by atoms with Crippen LogP contribution < -0.4 is 5.73 Å². The Kier molecular flexibility index (Phi) is 5.78. The number of methoxy groups -OCH3 is 2. The third kappa shape index (κ3) is 3.77. The molecule has 2 N–H and O–H groups in total. The Balaban J connectivity index is 2.83. The maximum absolute atomic E-state index is 5.42. The summed E-state index contributed by atoms with van der Waals surface area (Å²) in [5, 5.41) is 0. The van der Waals surface area contributed by atoms with Gasteiger partial charge >= 0.3 is 0 Å². The highest BCUT2D eigenvalue weighted by Gasteiger charge is 2.09. The van der Waals surface area contributed by atoms with E-state index in [9.17, 15) is 0 Å². The van der Waals surface area contributed by atoms with Crippen LogP contribution in [0.1, 0.15) is 17.2 Å². The summed E-state index contributed by atoms with van der Waals surface area (Å²) in [6.07, 6.45) is 3.91. The first-order chi connectivity index (χ1) is 7.81. The second-order valence-corrected chi connectivity index (χ2v) is 3.49. The van der Waals surface area contributed by atoms with Crippen molar-refractivity contribution in [2.75, 3.05) is 27.4 Å². The molecule has 3 heteroatoms. The van der Waals surface area contributed by atoms with Gasteiger partial charge < -0.3 is 15.2 Å². The molecule has 0 amide bonds. The molecule has 0 saturated carbocycles. The number of hydrogen-bond donors (Lipinski definition) is 1. The first-order valence-electron chi connectivity index (χ1n) is 5.30. The fraction of sp³-hybridized carbons (Fsp3) is 0.385. The van der Waals surface area contributed by atoms with Crippen LogP contribution in [0.15, 0.2) is 30.3 Å². The predicted octanol–water partition coefficient (Wildman–Crippen LogP) is 1.99. The molecule has 1 unspecified atom stereocenters. The SMILES string of the molecule is COCC(OC)c1cccc(/C=C/CN)c1. The lowest BCUT2D eigenvalue weighted by Crippen LogP contribution is -2.08. The number of ether oxygens (including phenoxy) is 2. The zero-order chi connectivity index (χ0) is 11.8. The van der Waals surface area contributed by atoms with Crippen LogP contribution in [-0.4, -0.2) is 27.4 Å². The van der Waals surface area contributed by atoms with Gasteiger partial charge in [0.1, 0.15) is 6.10 Å². The number of benzene rings is 1. The molecule has 0 aromatic heterocycles.